The standard InChI is InChI=1S/2C18H26O2Si2.C12H10O2.C8H8Br2O2/c2*1-19-17-13-16(10-12-22(6,7)8)18(20-2)14-15(17)9-11-21(3,4)5;1-5-9-7-12(14-4)10(6-2)8-11(9)13-3;1-11-7-3-6(10)8(12-2)4-5(7)9/h2*13-14H,1-8H3;1-2,7-8H,3-4H3;3-4H,1-2H3. The second kappa shape index (κ2) is 29.0. The van der Waals surface area contributed by atoms with Gasteiger partial charge in [0.15, 0.2) is 0 Å². The van der Waals surface area contributed by atoms with E-state index in [1.165, 1.54) is 0 Å². The van der Waals surface area contributed by atoms with E-state index in [2.05, 4.69) is 168 Å². The summed E-state index contributed by atoms with van der Waals surface area (Å²) in [4.78, 5) is 0. The van der Waals surface area contributed by atoms with Crippen molar-refractivity contribution in [1.29, 1.82) is 0 Å². The summed E-state index contributed by atoms with van der Waals surface area (Å²) in [7, 11) is 7.25. The normalized spacial score (nSPS) is 10.2. The van der Waals surface area contributed by atoms with Crippen molar-refractivity contribution in [3.05, 3.63) is 90.9 Å². The molecule has 0 aromatic heterocycles. The lowest BCUT2D eigenvalue weighted by atomic mass is 10.1. The number of rotatable bonds is 8. The smallest absolute Gasteiger partial charge is 0.135 e. The highest BCUT2D eigenvalue weighted by Gasteiger charge is 2.15. The minimum Gasteiger partial charge on any atom is -0.496 e. The Morgan fingerprint density at radius 2 is 0.471 bits per heavy atom. The van der Waals surface area contributed by atoms with Crippen LogP contribution >= 0.6 is 31.9 Å². The first-order valence-electron chi connectivity index (χ1n) is 22.0. The first-order chi connectivity index (χ1) is 32.6. The molecule has 0 aliphatic rings. The third kappa shape index (κ3) is 22.5. The van der Waals surface area contributed by atoms with Gasteiger partial charge in [-0.15, -0.1) is 35.0 Å². The van der Waals surface area contributed by atoms with Crippen LogP contribution in [0.1, 0.15) is 33.4 Å². The van der Waals surface area contributed by atoms with Crippen LogP contribution in [0.2, 0.25) is 78.6 Å². The largest absolute Gasteiger partial charge is 0.496 e. The van der Waals surface area contributed by atoms with E-state index >= 15 is 0 Å². The molecule has 0 fully saturated rings. The summed E-state index contributed by atoms with van der Waals surface area (Å²) >= 11 is 6.71. The predicted molar refractivity (Wildman–Crippen MR) is 310 cm³/mol. The number of benzene rings is 4. The topological polar surface area (TPSA) is 73.8 Å². The fraction of sp³-hybridized carbons (Fsp3) is 0.357. The number of hydrogen-bond acceptors (Lipinski definition) is 8. The molecule has 0 bridgehead atoms. The molecule has 8 nitrogen and oxygen atoms in total. The fourth-order valence-corrected chi connectivity index (χ4v) is 8.16. The average molecular weight is 1140 g/mol. The molecule has 0 radical (unpaired) electrons. The molecule has 14 heteroatoms. The molecule has 0 saturated heterocycles. The average Bonchev–Trinajstić information content (AvgIpc) is 3.30. The van der Waals surface area contributed by atoms with Gasteiger partial charge in [-0.2, -0.15) is 0 Å². The Kier molecular flexibility index (Phi) is 25.9. The second-order valence-electron chi connectivity index (χ2n) is 19.2. The number of methoxy groups -OCH3 is 8. The van der Waals surface area contributed by atoms with E-state index in [1.54, 1.807) is 69.0 Å². The Morgan fingerprint density at radius 1 is 0.300 bits per heavy atom. The first-order valence-corrected chi connectivity index (χ1v) is 37.6. The SMILES string of the molecule is C#Cc1cc(OC)c(C#C)cc1OC.COc1cc(Br)c(OC)cc1Br.COc1cc(C#C[Si](C)(C)C)c(OC)cc1C#C[Si](C)(C)C.COc1cc(C#C[Si](C)(C)C)c(OC)cc1C#C[Si](C)(C)C. The molecule has 0 spiro atoms. The molecule has 0 atom stereocenters. The van der Waals surface area contributed by atoms with Crippen LogP contribution in [0.3, 0.4) is 0 Å². The van der Waals surface area contributed by atoms with E-state index in [-0.39, 0.29) is 0 Å². The fourth-order valence-electron chi connectivity index (χ4n) is 5.15. The summed E-state index contributed by atoms with van der Waals surface area (Å²) in [5.41, 5.74) is 18.2. The molecule has 0 saturated carbocycles. The molecular weight excluding hydrogens is 1070 g/mol. The van der Waals surface area contributed by atoms with Crippen LogP contribution in [0.4, 0.5) is 0 Å². The maximum Gasteiger partial charge on any atom is 0.135 e. The van der Waals surface area contributed by atoms with E-state index < -0.39 is 32.3 Å². The molecule has 0 heterocycles. The Bertz CT molecular complexity index is 2460. The van der Waals surface area contributed by atoms with Gasteiger partial charge in [-0.3, -0.25) is 0 Å². The van der Waals surface area contributed by atoms with Gasteiger partial charge in [0, 0.05) is 36.4 Å². The van der Waals surface area contributed by atoms with Crippen LogP contribution in [-0.4, -0.2) is 89.2 Å². The zero-order chi connectivity index (χ0) is 53.6. The number of hydrogen-bond donors (Lipinski definition) is 0. The third-order valence-corrected chi connectivity index (χ3v) is 13.3. The zero-order valence-corrected chi connectivity index (χ0v) is 52.0. The van der Waals surface area contributed by atoms with Crippen molar-refractivity contribution in [1.82, 2.24) is 0 Å². The van der Waals surface area contributed by atoms with E-state index in [1.807, 2.05) is 36.4 Å². The Balaban J connectivity index is 0.000000481. The summed E-state index contributed by atoms with van der Waals surface area (Å²) in [5.74, 6) is 23.7. The quantitative estimate of drug-likeness (QED) is 0.128. The van der Waals surface area contributed by atoms with E-state index in [4.69, 9.17) is 50.7 Å². The lowest BCUT2D eigenvalue weighted by Crippen LogP contribution is -2.16. The maximum absolute atomic E-state index is 5.48. The van der Waals surface area contributed by atoms with Crippen LogP contribution < -0.4 is 37.9 Å². The van der Waals surface area contributed by atoms with E-state index in [0.29, 0.717) is 22.6 Å². The molecule has 4 rings (SSSR count). The summed E-state index contributed by atoms with van der Waals surface area (Å²) in [6.07, 6.45) is 10.6. The van der Waals surface area contributed by atoms with Crippen molar-refractivity contribution < 1.29 is 37.9 Å². The Hall–Kier alpha value is -5.53. The molecule has 4 aromatic rings. The van der Waals surface area contributed by atoms with Gasteiger partial charge in [-0.25, -0.2) is 0 Å². The number of terminal acetylenes is 2. The molecule has 372 valence electrons. The third-order valence-electron chi connectivity index (χ3n) is 8.59. The molecule has 0 amide bonds. The first kappa shape index (κ1) is 62.5. The van der Waals surface area contributed by atoms with Crippen molar-refractivity contribution in [3.63, 3.8) is 0 Å². The van der Waals surface area contributed by atoms with E-state index in [9.17, 15) is 0 Å². The maximum atomic E-state index is 5.48. The highest BCUT2D eigenvalue weighted by Crippen LogP contribution is 2.36. The van der Waals surface area contributed by atoms with Crippen molar-refractivity contribution in [2.75, 3.05) is 56.9 Å². The van der Waals surface area contributed by atoms with Gasteiger partial charge in [0.2, 0.25) is 0 Å². The van der Waals surface area contributed by atoms with Crippen molar-refractivity contribution in [2.45, 2.75) is 78.6 Å². The van der Waals surface area contributed by atoms with Crippen molar-refractivity contribution in [2.24, 2.45) is 0 Å². The second-order valence-corrected chi connectivity index (χ2v) is 39.9. The Labute approximate surface area is 441 Å². The van der Waals surface area contributed by atoms with Crippen LogP contribution in [0.15, 0.2) is 57.5 Å². The summed E-state index contributed by atoms with van der Waals surface area (Å²) in [6.45, 7) is 26.6. The molecular formula is C56H70Br2O8Si4. The molecule has 4 aromatic carbocycles. The van der Waals surface area contributed by atoms with Gasteiger partial charge < -0.3 is 37.9 Å². The molecule has 0 unspecified atom stereocenters. The van der Waals surface area contributed by atoms with Crippen molar-refractivity contribution in [3.8, 4) is 117 Å². The highest BCUT2D eigenvalue weighted by molar-refractivity contribution is 9.11. The lowest BCUT2D eigenvalue weighted by molar-refractivity contribution is 0.398. The number of halogens is 2. The summed E-state index contributed by atoms with van der Waals surface area (Å²) < 4.78 is 44.0. The van der Waals surface area contributed by atoms with Crippen LogP contribution in [0.25, 0.3) is 0 Å². The van der Waals surface area contributed by atoms with Crippen LogP contribution in [0.5, 0.6) is 46.0 Å². The summed E-state index contributed by atoms with van der Waals surface area (Å²) in [6, 6.07) is 14.8. The van der Waals surface area contributed by atoms with Gasteiger partial charge in [0.1, 0.15) is 78.3 Å². The van der Waals surface area contributed by atoms with Crippen LogP contribution in [-0.2, 0) is 0 Å². The van der Waals surface area contributed by atoms with Gasteiger partial charge >= 0.3 is 0 Å². The van der Waals surface area contributed by atoms with E-state index in [0.717, 1.165) is 65.7 Å². The minimum atomic E-state index is -1.44. The highest BCUT2D eigenvalue weighted by atomic mass is 79.9. The Morgan fingerprint density at radius 3 is 0.629 bits per heavy atom. The lowest BCUT2D eigenvalue weighted by Gasteiger charge is -2.10. The molecule has 0 aliphatic carbocycles. The minimum absolute atomic E-state index is 0.584. The zero-order valence-electron chi connectivity index (χ0n) is 44.8. The van der Waals surface area contributed by atoms with Crippen LogP contribution in [0, 0.1) is 70.5 Å². The molecule has 70 heavy (non-hydrogen) atoms. The molecule has 0 N–H and O–H groups in total. The number of ether oxygens (including phenoxy) is 8. The van der Waals surface area contributed by atoms with Gasteiger partial charge in [-0.05, 0) is 44.0 Å². The molecule has 0 aliphatic heterocycles. The van der Waals surface area contributed by atoms with Gasteiger partial charge in [-0.1, -0.05) is 114 Å². The predicted octanol–water partition coefficient (Wildman–Crippen LogP) is 13.2. The summed E-state index contributed by atoms with van der Waals surface area (Å²) in [5, 5.41) is 0. The monoisotopic (exact) mass is 1140 g/mol. The van der Waals surface area contributed by atoms with Crippen molar-refractivity contribution >= 4 is 64.2 Å². The van der Waals surface area contributed by atoms with Gasteiger partial charge in [0.25, 0.3) is 0 Å². The van der Waals surface area contributed by atoms with Gasteiger partial charge in [0.05, 0.1) is 99.2 Å².